The summed E-state index contributed by atoms with van der Waals surface area (Å²) in [7, 11) is 0. The number of nitrogens with zero attached hydrogens (tertiary/aromatic N) is 2. The Kier molecular flexibility index (Phi) is 7.14. The summed E-state index contributed by atoms with van der Waals surface area (Å²) in [4.78, 5) is 23.6. The number of aromatic nitrogens is 2. The number of amides is 2. The number of nitrogens with one attached hydrogen (secondary N) is 2. The topological polar surface area (TPSA) is 84.0 Å². The molecule has 0 radical (unpaired) electrons. The van der Waals surface area contributed by atoms with Crippen LogP contribution >= 0.6 is 22.9 Å². The SMILES string of the molecule is CCCNC(=O)CCCc1nnc(C(=O)Nc2cccc(Cl)c2)s1. The van der Waals surface area contributed by atoms with Crippen LogP contribution in [0, 0.1) is 0 Å². The number of rotatable bonds is 8. The normalized spacial score (nSPS) is 10.4. The second-order valence-corrected chi connectivity index (χ2v) is 6.67. The molecule has 128 valence electrons. The first-order valence-electron chi connectivity index (χ1n) is 7.74. The Hall–Kier alpha value is -1.99. The highest BCUT2D eigenvalue weighted by Crippen LogP contribution is 2.18. The minimum absolute atomic E-state index is 0.0419. The molecule has 8 heteroatoms. The third-order valence-corrected chi connectivity index (χ3v) is 4.33. The van der Waals surface area contributed by atoms with Crippen molar-refractivity contribution in [3.05, 3.63) is 39.3 Å². The molecule has 0 saturated carbocycles. The molecule has 6 nitrogen and oxygen atoms in total. The Morgan fingerprint density at radius 1 is 1.29 bits per heavy atom. The van der Waals surface area contributed by atoms with Gasteiger partial charge in [-0.3, -0.25) is 9.59 Å². The molecule has 0 aliphatic heterocycles. The van der Waals surface area contributed by atoms with Gasteiger partial charge in [-0.1, -0.05) is 35.9 Å². The fraction of sp³-hybridized carbons (Fsp3) is 0.375. The summed E-state index contributed by atoms with van der Waals surface area (Å²) in [5.74, 6) is -0.276. The van der Waals surface area contributed by atoms with Crippen LogP contribution in [0.1, 0.15) is 41.0 Å². The van der Waals surface area contributed by atoms with Gasteiger partial charge in [-0.05, 0) is 31.0 Å². The fourth-order valence-corrected chi connectivity index (χ4v) is 2.92. The molecule has 0 fully saturated rings. The molecular weight excluding hydrogens is 348 g/mol. The van der Waals surface area contributed by atoms with E-state index in [1.807, 2.05) is 6.92 Å². The predicted octanol–water partition coefficient (Wildman–Crippen LogP) is 3.29. The number of carbonyl (C=O) groups is 2. The standard InChI is InChI=1S/C16H19ClN4O2S/c1-2-9-18-13(22)7-4-8-14-20-21-16(24-14)15(23)19-12-6-3-5-11(17)10-12/h3,5-6,10H,2,4,7-9H2,1H3,(H,18,22)(H,19,23). The largest absolute Gasteiger partial charge is 0.356 e. The summed E-state index contributed by atoms with van der Waals surface area (Å²) < 4.78 is 0. The molecule has 0 spiro atoms. The first kappa shape index (κ1) is 18.4. The van der Waals surface area contributed by atoms with E-state index < -0.39 is 0 Å². The molecule has 0 aliphatic carbocycles. The highest BCUT2D eigenvalue weighted by molar-refractivity contribution is 7.13. The number of aryl methyl sites for hydroxylation is 1. The van der Waals surface area contributed by atoms with E-state index in [9.17, 15) is 9.59 Å². The first-order valence-corrected chi connectivity index (χ1v) is 8.94. The molecule has 0 aliphatic rings. The summed E-state index contributed by atoms with van der Waals surface area (Å²) in [5.41, 5.74) is 0.608. The van der Waals surface area contributed by atoms with E-state index in [1.165, 1.54) is 11.3 Å². The van der Waals surface area contributed by atoms with Crippen LogP contribution < -0.4 is 10.6 Å². The number of anilines is 1. The van der Waals surface area contributed by atoms with Crippen LogP contribution in [0.25, 0.3) is 0 Å². The molecule has 0 atom stereocenters. The van der Waals surface area contributed by atoms with E-state index in [0.717, 1.165) is 11.4 Å². The van der Waals surface area contributed by atoms with E-state index in [4.69, 9.17) is 11.6 Å². The molecule has 0 bridgehead atoms. The van der Waals surface area contributed by atoms with Gasteiger partial charge in [-0.2, -0.15) is 0 Å². The Morgan fingerprint density at radius 2 is 2.12 bits per heavy atom. The zero-order valence-corrected chi connectivity index (χ0v) is 14.9. The average Bonchev–Trinajstić information content (AvgIpc) is 3.02. The fourth-order valence-electron chi connectivity index (χ4n) is 1.95. The lowest BCUT2D eigenvalue weighted by atomic mass is 10.2. The van der Waals surface area contributed by atoms with Gasteiger partial charge < -0.3 is 10.6 Å². The van der Waals surface area contributed by atoms with Crippen molar-refractivity contribution in [1.82, 2.24) is 15.5 Å². The van der Waals surface area contributed by atoms with E-state index in [2.05, 4.69) is 20.8 Å². The van der Waals surface area contributed by atoms with Crippen molar-refractivity contribution in [3.63, 3.8) is 0 Å². The van der Waals surface area contributed by atoms with E-state index in [0.29, 0.717) is 41.5 Å². The van der Waals surface area contributed by atoms with Gasteiger partial charge in [0.2, 0.25) is 10.9 Å². The molecule has 1 heterocycles. The van der Waals surface area contributed by atoms with Crippen LogP contribution in [0.15, 0.2) is 24.3 Å². The van der Waals surface area contributed by atoms with Crippen LogP contribution in [0.2, 0.25) is 5.02 Å². The molecule has 2 rings (SSSR count). The van der Waals surface area contributed by atoms with Crippen molar-refractivity contribution in [2.45, 2.75) is 32.6 Å². The lowest BCUT2D eigenvalue weighted by Crippen LogP contribution is -2.23. The van der Waals surface area contributed by atoms with E-state index in [-0.39, 0.29) is 11.8 Å². The molecule has 1 aromatic heterocycles. The lowest BCUT2D eigenvalue weighted by molar-refractivity contribution is -0.121. The van der Waals surface area contributed by atoms with E-state index in [1.54, 1.807) is 24.3 Å². The maximum absolute atomic E-state index is 12.1. The Bertz CT molecular complexity index is 705. The van der Waals surface area contributed by atoms with Crippen LogP contribution in [-0.2, 0) is 11.2 Å². The number of hydrogen-bond donors (Lipinski definition) is 2. The third-order valence-electron chi connectivity index (χ3n) is 3.11. The average molecular weight is 367 g/mol. The Balaban J connectivity index is 1.81. The zero-order valence-electron chi connectivity index (χ0n) is 13.3. The molecule has 24 heavy (non-hydrogen) atoms. The maximum atomic E-state index is 12.1. The van der Waals surface area contributed by atoms with Gasteiger partial charge in [-0.15, -0.1) is 10.2 Å². The van der Waals surface area contributed by atoms with Gasteiger partial charge in [-0.25, -0.2) is 0 Å². The number of halogens is 1. The van der Waals surface area contributed by atoms with Gasteiger partial charge in [0.05, 0.1) is 0 Å². The van der Waals surface area contributed by atoms with Crippen molar-refractivity contribution < 1.29 is 9.59 Å². The number of benzene rings is 1. The molecule has 0 saturated heterocycles. The summed E-state index contributed by atoms with van der Waals surface area (Å²) in [6, 6.07) is 6.90. The smallest absolute Gasteiger partial charge is 0.286 e. The van der Waals surface area contributed by atoms with Gasteiger partial charge in [0, 0.05) is 30.1 Å². The highest BCUT2D eigenvalue weighted by atomic mass is 35.5. The summed E-state index contributed by atoms with van der Waals surface area (Å²) in [6.07, 6.45) is 2.68. The van der Waals surface area contributed by atoms with Gasteiger partial charge in [0.1, 0.15) is 5.01 Å². The second-order valence-electron chi connectivity index (χ2n) is 5.17. The van der Waals surface area contributed by atoms with Crippen LogP contribution in [0.5, 0.6) is 0 Å². The van der Waals surface area contributed by atoms with E-state index >= 15 is 0 Å². The van der Waals surface area contributed by atoms with Gasteiger partial charge >= 0.3 is 0 Å². The number of carbonyl (C=O) groups excluding carboxylic acids is 2. The van der Waals surface area contributed by atoms with Crippen molar-refractivity contribution in [1.29, 1.82) is 0 Å². The first-order chi connectivity index (χ1) is 11.6. The Labute approximate surface area is 149 Å². The van der Waals surface area contributed by atoms with Crippen LogP contribution in [0.3, 0.4) is 0 Å². The predicted molar refractivity (Wildman–Crippen MR) is 95.6 cm³/mol. The van der Waals surface area contributed by atoms with Crippen LogP contribution in [-0.4, -0.2) is 28.6 Å². The van der Waals surface area contributed by atoms with Crippen molar-refractivity contribution >= 4 is 40.4 Å². The molecule has 2 amide bonds. The molecule has 0 unspecified atom stereocenters. The monoisotopic (exact) mass is 366 g/mol. The lowest BCUT2D eigenvalue weighted by Gasteiger charge is -2.02. The summed E-state index contributed by atoms with van der Waals surface area (Å²) in [5, 5.41) is 15.1. The summed E-state index contributed by atoms with van der Waals surface area (Å²) in [6.45, 7) is 2.71. The zero-order chi connectivity index (χ0) is 17.4. The van der Waals surface area contributed by atoms with Gasteiger partial charge in [0.15, 0.2) is 0 Å². The quantitative estimate of drug-likeness (QED) is 0.750. The highest BCUT2D eigenvalue weighted by Gasteiger charge is 2.13. The molecule has 2 aromatic rings. The Morgan fingerprint density at radius 3 is 2.88 bits per heavy atom. The molecule has 1 aromatic carbocycles. The van der Waals surface area contributed by atoms with Crippen molar-refractivity contribution in [3.8, 4) is 0 Å². The minimum Gasteiger partial charge on any atom is -0.356 e. The number of hydrogen-bond acceptors (Lipinski definition) is 5. The van der Waals surface area contributed by atoms with Gasteiger partial charge in [0.25, 0.3) is 5.91 Å². The third kappa shape index (κ3) is 5.90. The summed E-state index contributed by atoms with van der Waals surface area (Å²) >= 11 is 7.12. The molecule has 2 N–H and O–H groups in total. The van der Waals surface area contributed by atoms with Crippen molar-refractivity contribution in [2.24, 2.45) is 0 Å². The van der Waals surface area contributed by atoms with Crippen LogP contribution in [0.4, 0.5) is 5.69 Å². The second kappa shape index (κ2) is 9.34. The minimum atomic E-state index is -0.318. The van der Waals surface area contributed by atoms with Crippen molar-refractivity contribution in [2.75, 3.05) is 11.9 Å². The maximum Gasteiger partial charge on any atom is 0.286 e. The molecular formula is C16H19ClN4O2S.